The molecule has 1 spiro atoms. The topological polar surface area (TPSA) is 120 Å². The molecule has 3 heterocycles. The number of ether oxygens (including phenoxy) is 1. The molecule has 41 heavy (non-hydrogen) atoms. The van der Waals surface area contributed by atoms with Crippen molar-refractivity contribution in [1.29, 1.82) is 0 Å². The molecular formula is C26H29F6N5O4. The zero-order valence-corrected chi connectivity index (χ0v) is 22.0. The first-order valence-corrected chi connectivity index (χ1v) is 13.2. The lowest BCUT2D eigenvalue weighted by Gasteiger charge is -2.42. The third-order valence-electron chi connectivity index (χ3n) is 8.57. The largest absolute Gasteiger partial charge is 0.481 e. The Bertz CT molecular complexity index is 1320. The number of hydrogen-bond donors (Lipinski definition) is 3. The van der Waals surface area contributed by atoms with Gasteiger partial charge in [-0.2, -0.15) is 27.1 Å². The highest BCUT2D eigenvalue weighted by Gasteiger charge is 2.69. The number of aromatic amines is 1. The van der Waals surface area contributed by atoms with Crippen molar-refractivity contribution in [2.24, 2.45) is 5.92 Å². The second kappa shape index (κ2) is 10.2. The van der Waals surface area contributed by atoms with E-state index in [0.717, 1.165) is 6.20 Å². The smallest absolute Gasteiger partial charge is 0.456 e. The van der Waals surface area contributed by atoms with E-state index in [2.05, 4.69) is 20.5 Å². The summed E-state index contributed by atoms with van der Waals surface area (Å²) < 4.78 is 85.3. The van der Waals surface area contributed by atoms with Crippen molar-refractivity contribution in [2.45, 2.75) is 80.6 Å². The molecule has 2 aromatic heterocycles. The van der Waals surface area contributed by atoms with E-state index < -0.39 is 53.9 Å². The second-order valence-corrected chi connectivity index (χ2v) is 11.1. The van der Waals surface area contributed by atoms with Crippen LogP contribution in [0.25, 0.3) is 11.3 Å². The van der Waals surface area contributed by atoms with E-state index in [9.17, 15) is 41.0 Å². The maximum absolute atomic E-state index is 14.3. The second-order valence-electron chi connectivity index (χ2n) is 11.1. The molecule has 1 aliphatic heterocycles. The summed E-state index contributed by atoms with van der Waals surface area (Å²) in [5.41, 5.74) is -3.31. The molecule has 1 atom stereocenters. The highest BCUT2D eigenvalue weighted by molar-refractivity contribution is 5.94. The quantitative estimate of drug-likeness (QED) is 0.439. The number of carbonyl (C=O) groups excluding carboxylic acids is 2. The molecule has 0 radical (unpaired) electrons. The minimum absolute atomic E-state index is 0.104. The molecule has 2 aromatic rings. The van der Waals surface area contributed by atoms with Gasteiger partial charge in [-0.15, -0.1) is 0 Å². The maximum Gasteiger partial charge on any atom is 0.456 e. The van der Waals surface area contributed by atoms with Gasteiger partial charge in [-0.3, -0.25) is 14.7 Å². The Morgan fingerprint density at radius 3 is 2.41 bits per heavy atom. The van der Waals surface area contributed by atoms with Gasteiger partial charge in [0.15, 0.2) is 5.82 Å². The van der Waals surface area contributed by atoms with E-state index >= 15 is 0 Å². The summed E-state index contributed by atoms with van der Waals surface area (Å²) in [5, 5.41) is 19.5. The van der Waals surface area contributed by atoms with Crippen molar-refractivity contribution < 1.29 is 45.8 Å². The van der Waals surface area contributed by atoms with Crippen LogP contribution in [0.2, 0.25) is 0 Å². The molecule has 3 fully saturated rings. The summed E-state index contributed by atoms with van der Waals surface area (Å²) in [5.74, 6) is -6.89. The van der Waals surface area contributed by atoms with E-state index in [4.69, 9.17) is 4.74 Å². The van der Waals surface area contributed by atoms with Crippen LogP contribution in [0.4, 0.5) is 26.3 Å². The standard InChI is InChI=1S/C26H29F6N5O4/c1-41-20-10-16(17(27)13-33-20)18-11-19(36-35-18)22(39)37-9-4-14(12-23(37)7-8-23)21(38)34-15-2-5-24(40,6-3-15)25(28,29)26(30,31)32/h10-11,13-15,40H,2-9,12H2,1H3,(H,34,38)(H,35,36)/t14-,15?,24?/m0/s1. The lowest BCUT2D eigenvalue weighted by molar-refractivity contribution is -0.347. The van der Waals surface area contributed by atoms with Crippen molar-refractivity contribution in [1.82, 2.24) is 25.4 Å². The van der Waals surface area contributed by atoms with Crippen molar-refractivity contribution in [3.63, 3.8) is 0 Å². The van der Waals surface area contributed by atoms with Crippen LogP contribution in [0.1, 0.15) is 61.9 Å². The molecule has 0 unspecified atom stereocenters. The Labute approximate surface area is 230 Å². The van der Waals surface area contributed by atoms with Gasteiger partial charge in [0, 0.05) is 35.7 Å². The SMILES string of the molecule is COc1cc(-c2cc(C(=O)N3CC[C@H](C(=O)NC4CCC(O)(C(F)(F)C(F)(F)F)CC4)CC34CC4)[nH]n2)c(F)cn1. The zero-order chi connectivity index (χ0) is 29.8. The molecule has 2 aliphatic carbocycles. The fraction of sp³-hybridized carbons (Fsp3) is 0.615. The summed E-state index contributed by atoms with van der Waals surface area (Å²) in [6.45, 7) is 0.255. The first-order valence-electron chi connectivity index (χ1n) is 13.2. The summed E-state index contributed by atoms with van der Waals surface area (Å²) in [4.78, 5) is 31.9. The average Bonchev–Trinajstić information content (AvgIpc) is 3.50. The van der Waals surface area contributed by atoms with Gasteiger partial charge < -0.3 is 20.1 Å². The fourth-order valence-corrected chi connectivity index (χ4v) is 5.93. The van der Waals surface area contributed by atoms with Crippen LogP contribution in [0.5, 0.6) is 5.88 Å². The molecule has 1 saturated heterocycles. The normalized spacial score (nSPS) is 26.1. The minimum atomic E-state index is -5.87. The van der Waals surface area contributed by atoms with Gasteiger partial charge in [0.25, 0.3) is 5.91 Å². The molecule has 3 aliphatic rings. The van der Waals surface area contributed by atoms with Gasteiger partial charge in [-0.05, 0) is 57.4 Å². The number of aromatic nitrogens is 3. The van der Waals surface area contributed by atoms with Gasteiger partial charge in [-0.1, -0.05) is 0 Å². The number of nitrogens with zero attached hydrogens (tertiary/aromatic N) is 3. The molecular weight excluding hydrogens is 560 g/mol. The van der Waals surface area contributed by atoms with Gasteiger partial charge >= 0.3 is 12.1 Å². The number of rotatable bonds is 6. The van der Waals surface area contributed by atoms with Crippen LogP contribution < -0.4 is 10.1 Å². The molecule has 224 valence electrons. The molecule has 3 N–H and O–H groups in total. The first-order chi connectivity index (χ1) is 19.2. The van der Waals surface area contributed by atoms with E-state index in [0.29, 0.717) is 25.7 Å². The summed E-state index contributed by atoms with van der Waals surface area (Å²) in [6, 6.07) is 2.15. The number of nitrogens with one attached hydrogen (secondary N) is 2. The average molecular weight is 590 g/mol. The van der Waals surface area contributed by atoms with Crippen molar-refractivity contribution >= 4 is 11.8 Å². The number of pyridine rings is 1. The number of hydrogen-bond acceptors (Lipinski definition) is 6. The van der Waals surface area contributed by atoms with Crippen molar-refractivity contribution in [2.75, 3.05) is 13.7 Å². The van der Waals surface area contributed by atoms with E-state index in [1.165, 1.54) is 19.2 Å². The molecule has 5 rings (SSSR count). The van der Waals surface area contributed by atoms with E-state index in [-0.39, 0.29) is 54.0 Å². The Kier molecular flexibility index (Phi) is 7.23. The van der Waals surface area contributed by atoms with Gasteiger partial charge in [-0.25, -0.2) is 9.37 Å². The Morgan fingerprint density at radius 1 is 1.12 bits per heavy atom. The number of alkyl halides is 5. The van der Waals surface area contributed by atoms with Crippen molar-refractivity contribution in [3.8, 4) is 17.1 Å². The van der Waals surface area contributed by atoms with Crippen LogP contribution in [-0.4, -0.2) is 79.9 Å². The molecule has 0 bridgehead atoms. The first kappa shape index (κ1) is 29.1. The number of piperidine rings is 1. The van der Waals surface area contributed by atoms with Crippen LogP contribution in [-0.2, 0) is 4.79 Å². The van der Waals surface area contributed by atoms with E-state index in [1.807, 2.05) is 0 Å². The van der Waals surface area contributed by atoms with Crippen LogP contribution in [0, 0.1) is 11.7 Å². The third kappa shape index (κ3) is 5.24. The maximum atomic E-state index is 14.3. The highest BCUT2D eigenvalue weighted by atomic mass is 19.4. The minimum Gasteiger partial charge on any atom is -0.481 e. The predicted molar refractivity (Wildman–Crippen MR) is 130 cm³/mol. The Balaban J connectivity index is 1.19. The van der Waals surface area contributed by atoms with Crippen LogP contribution in [0.3, 0.4) is 0 Å². The monoisotopic (exact) mass is 589 g/mol. The Morgan fingerprint density at radius 2 is 1.80 bits per heavy atom. The number of H-pyrrole nitrogens is 1. The fourth-order valence-electron chi connectivity index (χ4n) is 5.93. The Hall–Kier alpha value is -3.36. The predicted octanol–water partition coefficient (Wildman–Crippen LogP) is 3.99. The van der Waals surface area contributed by atoms with Gasteiger partial charge in [0.1, 0.15) is 11.3 Å². The number of carbonyl (C=O) groups is 2. The molecule has 9 nitrogen and oxygen atoms in total. The number of halogens is 6. The van der Waals surface area contributed by atoms with Crippen LogP contribution in [0.15, 0.2) is 18.3 Å². The van der Waals surface area contributed by atoms with Gasteiger partial charge in [0.05, 0.1) is 19.0 Å². The lowest BCUT2D eigenvalue weighted by Crippen LogP contribution is -2.60. The van der Waals surface area contributed by atoms with Crippen molar-refractivity contribution in [3.05, 3.63) is 29.8 Å². The molecule has 15 heteroatoms. The molecule has 2 saturated carbocycles. The molecule has 0 aromatic carbocycles. The summed E-state index contributed by atoms with van der Waals surface area (Å²) >= 11 is 0. The third-order valence-corrected chi connectivity index (χ3v) is 8.57. The number of methoxy groups -OCH3 is 1. The number of amides is 2. The summed E-state index contributed by atoms with van der Waals surface area (Å²) in [6.07, 6.45) is -4.90. The number of aliphatic hydroxyl groups is 1. The van der Waals surface area contributed by atoms with Crippen LogP contribution >= 0.6 is 0 Å². The highest BCUT2D eigenvalue weighted by Crippen LogP contribution is 2.51. The molecule has 2 amide bonds. The van der Waals surface area contributed by atoms with Gasteiger partial charge in [0.2, 0.25) is 11.8 Å². The number of likely N-dealkylation sites (tertiary alicyclic amines) is 1. The lowest BCUT2D eigenvalue weighted by atomic mass is 9.77. The zero-order valence-electron chi connectivity index (χ0n) is 22.0. The summed E-state index contributed by atoms with van der Waals surface area (Å²) in [7, 11) is 1.39. The van der Waals surface area contributed by atoms with E-state index in [1.54, 1.807) is 4.90 Å².